The molecule has 0 aliphatic heterocycles. The average molecular weight is 257 g/mol. The molecule has 0 radical (unpaired) electrons. The predicted octanol–water partition coefficient (Wildman–Crippen LogP) is 3.73. The number of rotatable bonds is 4. The molecule has 0 bridgehead atoms. The molecule has 0 fully saturated rings. The number of aryl methyl sites for hydroxylation is 2. The Hall–Kier alpha value is -2.03. The van der Waals surface area contributed by atoms with Gasteiger partial charge in [-0.25, -0.2) is 4.79 Å². The number of H-pyrrole nitrogens is 1. The number of carbonyl (C=O) groups excluding carboxylic acids is 1. The first-order chi connectivity index (χ1) is 9.19. The van der Waals surface area contributed by atoms with Crippen LogP contribution in [0.4, 0.5) is 0 Å². The topological polar surface area (TPSA) is 42.1 Å². The number of hydrogen-bond donors (Lipinski definition) is 1. The molecule has 0 saturated carbocycles. The maximum Gasteiger partial charge on any atom is 0.340 e. The fourth-order valence-electron chi connectivity index (χ4n) is 2.34. The van der Waals surface area contributed by atoms with Crippen LogP contribution in [-0.2, 0) is 11.2 Å². The van der Waals surface area contributed by atoms with Gasteiger partial charge in [0.1, 0.15) is 0 Å². The zero-order valence-corrected chi connectivity index (χ0v) is 11.6. The highest BCUT2D eigenvalue weighted by Gasteiger charge is 2.22. The van der Waals surface area contributed by atoms with Crippen LogP contribution in [0.1, 0.15) is 35.6 Å². The Labute approximate surface area is 113 Å². The molecule has 19 heavy (non-hydrogen) atoms. The van der Waals surface area contributed by atoms with Crippen molar-refractivity contribution >= 4 is 5.97 Å². The number of aromatic nitrogens is 1. The van der Waals surface area contributed by atoms with Crippen LogP contribution in [0.3, 0.4) is 0 Å². The Balaban J connectivity index is 2.60. The minimum absolute atomic E-state index is 0.255. The summed E-state index contributed by atoms with van der Waals surface area (Å²) in [6.07, 6.45) is 0.852. The van der Waals surface area contributed by atoms with Crippen LogP contribution in [0.15, 0.2) is 30.3 Å². The third-order valence-electron chi connectivity index (χ3n) is 3.16. The molecule has 1 heterocycles. The van der Waals surface area contributed by atoms with Crippen LogP contribution < -0.4 is 0 Å². The van der Waals surface area contributed by atoms with Crippen molar-refractivity contribution in [2.24, 2.45) is 0 Å². The normalized spacial score (nSPS) is 10.5. The Morgan fingerprint density at radius 2 is 1.89 bits per heavy atom. The van der Waals surface area contributed by atoms with Crippen molar-refractivity contribution in [3.05, 3.63) is 47.3 Å². The van der Waals surface area contributed by atoms with Crippen LogP contribution in [0.25, 0.3) is 11.1 Å². The van der Waals surface area contributed by atoms with Gasteiger partial charge in [0.2, 0.25) is 0 Å². The van der Waals surface area contributed by atoms with Gasteiger partial charge in [-0.1, -0.05) is 37.3 Å². The summed E-state index contributed by atoms with van der Waals surface area (Å²) in [5, 5.41) is 0. The monoisotopic (exact) mass is 257 g/mol. The SMILES string of the molecule is CCOC(=O)c1c(C)[nH]c(CC)c1-c1ccccc1. The first-order valence-electron chi connectivity index (χ1n) is 6.63. The molecule has 3 nitrogen and oxygen atoms in total. The Morgan fingerprint density at radius 1 is 1.21 bits per heavy atom. The van der Waals surface area contributed by atoms with Crippen LogP contribution in [-0.4, -0.2) is 17.6 Å². The third-order valence-corrected chi connectivity index (χ3v) is 3.16. The van der Waals surface area contributed by atoms with Crippen LogP contribution >= 0.6 is 0 Å². The van der Waals surface area contributed by atoms with Gasteiger partial charge in [0.15, 0.2) is 0 Å². The van der Waals surface area contributed by atoms with E-state index < -0.39 is 0 Å². The van der Waals surface area contributed by atoms with E-state index in [1.807, 2.05) is 44.2 Å². The second-order valence-corrected chi connectivity index (χ2v) is 4.42. The first-order valence-corrected chi connectivity index (χ1v) is 6.63. The molecule has 0 aliphatic carbocycles. The molecule has 0 unspecified atom stereocenters. The van der Waals surface area contributed by atoms with Gasteiger partial charge in [-0.2, -0.15) is 0 Å². The molecule has 1 aromatic carbocycles. The first kappa shape index (κ1) is 13.4. The molecule has 1 N–H and O–H groups in total. The number of hydrogen-bond acceptors (Lipinski definition) is 2. The minimum atomic E-state index is -0.255. The number of ether oxygens (including phenoxy) is 1. The zero-order chi connectivity index (χ0) is 13.8. The number of esters is 1. The lowest BCUT2D eigenvalue weighted by Gasteiger charge is -2.07. The Morgan fingerprint density at radius 3 is 2.47 bits per heavy atom. The second-order valence-electron chi connectivity index (χ2n) is 4.42. The quantitative estimate of drug-likeness (QED) is 0.848. The fourth-order valence-corrected chi connectivity index (χ4v) is 2.34. The molecule has 0 saturated heterocycles. The minimum Gasteiger partial charge on any atom is -0.462 e. The van der Waals surface area contributed by atoms with E-state index in [4.69, 9.17) is 4.74 Å². The van der Waals surface area contributed by atoms with Crippen molar-refractivity contribution < 1.29 is 9.53 Å². The molecule has 0 amide bonds. The average Bonchev–Trinajstić information content (AvgIpc) is 2.77. The van der Waals surface area contributed by atoms with Gasteiger partial charge in [0.25, 0.3) is 0 Å². The lowest BCUT2D eigenvalue weighted by molar-refractivity contribution is 0.0526. The summed E-state index contributed by atoms with van der Waals surface area (Å²) < 4.78 is 5.17. The summed E-state index contributed by atoms with van der Waals surface area (Å²) in [4.78, 5) is 15.4. The molecule has 0 spiro atoms. The Kier molecular flexibility index (Phi) is 4.05. The van der Waals surface area contributed by atoms with Gasteiger partial charge < -0.3 is 9.72 Å². The van der Waals surface area contributed by atoms with Crippen molar-refractivity contribution in [3.63, 3.8) is 0 Å². The maximum absolute atomic E-state index is 12.1. The summed E-state index contributed by atoms with van der Waals surface area (Å²) >= 11 is 0. The van der Waals surface area contributed by atoms with E-state index in [2.05, 4.69) is 11.9 Å². The highest BCUT2D eigenvalue weighted by atomic mass is 16.5. The van der Waals surface area contributed by atoms with Gasteiger partial charge in [0, 0.05) is 17.0 Å². The summed E-state index contributed by atoms with van der Waals surface area (Å²) in [5.74, 6) is -0.255. The van der Waals surface area contributed by atoms with E-state index >= 15 is 0 Å². The smallest absolute Gasteiger partial charge is 0.340 e. The van der Waals surface area contributed by atoms with Gasteiger partial charge in [-0.05, 0) is 25.8 Å². The van der Waals surface area contributed by atoms with Gasteiger partial charge in [0.05, 0.1) is 12.2 Å². The van der Waals surface area contributed by atoms with E-state index in [-0.39, 0.29) is 5.97 Å². The number of carbonyl (C=O) groups is 1. The van der Waals surface area contributed by atoms with Crippen molar-refractivity contribution in [2.45, 2.75) is 27.2 Å². The zero-order valence-electron chi connectivity index (χ0n) is 11.6. The van der Waals surface area contributed by atoms with Crippen molar-refractivity contribution in [3.8, 4) is 11.1 Å². The van der Waals surface area contributed by atoms with E-state index in [0.29, 0.717) is 12.2 Å². The molecular formula is C16H19NO2. The number of benzene rings is 1. The molecule has 3 heteroatoms. The third kappa shape index (κ3) is 2.55. The van der Waals surface area contributed by atoms with E-state index in [1.54, 1.807) is 0 Å². The molecule has 1 aromatic heterocycles. The van der Waals surface area contributed by atoms with Crippen LogP contribution in [0, 0.1) is 6.92 Å². The highest BCUT2D eigenvalue weighted by Crippen LogP contribution is 2.31. The molecule has 100 valence electrons. The number of aromatic amines is 1. The maximum atomic E-state index is 12.1. The van der Waals surface area contributed by atoms with E-state index in [0.717, 1.165) is 28.9 Å². The lowest BCUT2D eigenvalue weighted by atomic mass is 9.99. The Bertz CT molecular complexity index is 570. The summed E-state index contributed by atoms with van der Waals surface area (Å²) in [6, 6.07) is 9.96. The van der Waals surface area contributed by atoms with Crippen LogP contribution in [0.2, 0.25) is 0 Å². The second kappa shape index (κ2) is 5.74. The van der Waals surface area contributed by atoms with Crippen LogP contribution in [0.5, 0.6) is 0 Å². The molecule has 0 aliphatic rings. The van der Waals surface area contributed by atoms with Gasteiger partial charge in [-0.15, -0.1) is 0 Å². The molecular weight excluding hydrogens is 238 g/mol. The van der Waals surface area contributed by atoms with Gasteiger partial charge in [-0.3, -0.25) is 0 Å². The van der Waals surface area contributed by atoms with E-state index in [1.165, 1.54) is 0 Å². The summed E-state index contributed by atoms with van der Waals surface area (Å²) in [6.45, 7) is 6.20. The fraction of sp³-hybridized carbons (Fsp3) is 0.312. The summed E-state index contributed by atoms with van der Waals surface area (Å²) in [7, 11) is 0. The van der Waals surface area contributed by atoms with Gasteiger partial charge >= 0.3 is 5.97 Å². The highest BCUT2D eigenvalue weighted by molar-refractivity contribution is 5.99. The lowest BCUT2D eigenvalue weighted by Crippen LogP contribution is -2.06. The molecule has 2 aromatic rings. The number of nitrogens with one attached hydrogen (secondary N) is 1. The van der Waals surface area contributed by atoms with Crippen molar-refractivity contribution in [1.29, 1.82) is 0 Å². The van der Waals surface area contributed by atoms with E-state index in [9.17, 15) is 4.79 Å². The summed E-state index contributed by atoms with van der Waals surface area (Å²) in [5.41, 5.74) is 4.62. The molecule has 0 atom stereocenters. The standard InChI is InChI=1S/C16H19NO2/c1-4-13-15(12-9-7-6-8-10-12)14(11(3)17-13)16(18)19-5-2/h6-10,17H,4-5H2,1-3H3. The molecule has 2 rings (SSSR count). The van der Waals surface area contributed by atoms with Crippen molar-refractivity contribution in [2.75, 3.05) is 6.61 Å². The van der Waals surface area contributed by atoms with Crippen molar-refractivity contribution in [1.82, 2.24) is 4.98 Å². The predicted molar refractivity (Wildman–Crippen MR) is 76.3 cm³/mol. The largest absolute Gasteiger partial charge is 0.462 e.